The van der Waals surface area contributed by atoms with Crippen LogP contribution in [0.4, 0.5) is 5.82 Å². The number of anilines is 1. The molecule has 3 aromatic heterocycles. The molecule has 39 heavy (non-hydrogen) atoms. The lowest BCUT2D eigenvalue weighted by Crippen LogP contribution is -2.52. The third kappa shape index (κ3) is 5.08. The maximum Gasteiger partial charge on any atom is 0.237 e. The number of nitrogens with two attached hydrogens (primary N) is 1. The van der Waals surface area contributed by atoms with Crippen molar-refractivity contribution in [1.29, 1.82) is 0 Å². The summed E-state index contributed by atoms with van der Waals surface area (Å²) >= 11 is 0. The fourth-order valence-electron chi connectivity index (χ4n) is 5.34. The predicted molar refractivity (Wildman–Crippen MR) is 150 cm³/mol. The minimum Gasteiger partial charge on any atom is -0.382 e. The number of benzene rings is 2. The Morgan fingerprint density at radius 1 is 1.15 bits per heavy atom. The molecule has 5 aromatic rings. The molecule has 0 bridgehead atoms. The molecule has 0 saturated carbocycles. The first-order valence-corrected chi connectivity index (χ1v) is 13.1. The number of ether oxygens (including phenoxy) is 1. The van der Waals surface area contributed by atoms with Crippen LogP contribution in [0.5, 0.6) is 0 Å². The van der Waals surface area contributed by atoms with Gasteiger partial charge in [0.05, 0.1) is 37.9 Å². The van der Waals surface area contributed by atoms with Gasteiger partial charge >= 0.3 is 0 Å². The number of hydrogen-bond donors (Lipinski definition) is 1. The third-order valence-electron chi connectivity index (χ3n) is 7.15. The monoisotopic (exact) mass is 524 g/mol. The number of nitrogens with zero attached hydrogens (tertiary/aromatic N) is 7. The van der Waals surface area contributed by atoms with Gasteiger partial charge in [0, 0.05) is 35.8 Å². The predicted octanol–water partition coefficient (Wildman–Crippen LogP) is 2.71. The molecule has 10 heteroatoms. The van der Waals surface area contributed by atoms with E-state index in [9.17, 15) is 4.79 Å². The Morgan fingerprint density at radius 2 is 2.00 bits per heavy atom. The van der Waals surface area contributed by atoms with E-state index in [4.69, 9.17) is 15.6 Å². The largest absolute Gasteiger partial charge is 0.382 e. The zero-order valence-corrected chi connectivity index (χ0v) is 22.2. The van der Waals surface area contributed by atoms with Crippen LogP contribution in [-0.2, 0) is 22.5 Å². The normalized spacial score (nSPS) is 16.0. The standard InChI is InChI=1S/C29H32N8O2/c1-34(2)17-27(38)36-10-11-39-18-24(36)13-23-14-25(28-29(30)31-19-32-37(23)28)21-8-9-22-16-35(33-26(22)12-21)15-20-6-4-3-5-7-20/h3-9,12,14,16,19,24H,10-11,13,15,17-18H2,1-2H3,(H2,30,31,32). The summed E-state index contributed by atoms with van der Waals surface area (Å²) in [6.45, 7) is 2.67. The molecule has 4 heterocycles. The number of rotatable bonds is 7. The first-order chi connectivity index (χ1) is 19.0. The molecule has 1 amide bonds. The fourth-order valence-corrected chi connectivity index (χ4v) is 5.34. The van der Waals surface area contributed by atoms with Crippen molar-refractivity contribution in [3.05, 3.63) is 78.4 Å². The Kier molecular flexibility index (Phi) is 6.72. The lowest BCUT2D eigenvalue weighted by molar-refractivity contribution is -0.140. The first kappa shape index (κ1) is 25.0. The topological polar surface area (TPSA) is 107 Å². The van der Waals surface area contributed by atoms with Crippen LogP contribution in [0, 0.1) is 0 Å². The molecule has 10 nitrogen and oxygen atoms in total. The van der Waals surface area contributed by atoms with E-state index in [-0.39, 0.29) is 11.9 Å². The number of aromatic nitrogens is 5. The lowest BCUT2D eigenvalue weighted by atomic mass is 10.0. The van der Waals surface area contributed by atoms with Crippen LogP contribution in [0.2, 0.25) is 0 Å². The molecule has 1 atom stereocenters. The number of likely N-dealkylation sites (N-methyl/N-ethyl adjacent to an activating group) is 1. The Balaban J connectivity index is 1.34. The highest BCUT2D eigenvalue weighted by atomic mass is 16.5. The Bertz CT molecular complexity index is 1620. The number of carbonyl (C=O) groups is 1. The Labute approximate surface area is 226 Å². The lowest BCUT2D eigenvalue weighted by Gasteiger charge is -2.36. The van der Waals surface area contributed by atoms with Crippen LogP contribution in [0.1, 0.15) is 11.3 Å². The molecular formula is C29H32N8O2. The van der Waals surface area contributed by atoms with Gasteiger partial charge in [0.2, 0.25) is 5.91 Å². The van der Waals surface area contributed by atoms with E-state index in [2.05, 4.69) is 52.7 Å². The zero-order chi connectivity index (χ0) is 26.9. The number of fused-ring (bicyclic) bond motifs is 2. The number of carbonyl (C=O) groups excluding carboxylic acids is 1. The number of hydrogen-bond acceptors (Lipinski definition) is 7. The van der Waals surface area contributed by atoms with Crippen molar-refractivity contribution < 1.29 is 9.53 Å². The van der Waals surface area contributed by atoms with E-state index >= 15 is 0 Å². The van der Waals surface area contributed by atoms with Gasteiger partial charge in [-0.05, 0) is 37.4 Å². The number of morpholine rings is 1. The van der Waals surface area contributed by atoms with Gasteiger partial charge in [-0.1, -0.05) is 42.5 Å². The minimum atomic E-state index is -0.0931. The van der Waals surface area contributed by atoms with E-state index in [1.165, 1.54) is 11.9 Å². The number of nitrogen functional groups attached to an aromatic ring is 1. The molecule has 0 aliphatic carbocycles. The van der Waals surface area contributed by atoms with E-state index in [1.54, 1.807) is 0 Å². The van der Waals surface area contributed by atoms with E-state index in [0.717, 1.165) is 33.2 Å². The van der Waals surface area contributed by atoms with Crippen molar-refractivity contribution in [1.82, 2.24) is 34.2 Å². The first-order valence-electron chi connectivity index (χ1n) is 13.1. The molecule has 0 radical (unpaired) electrons. The van der Waals surface area contributed by atoms with Gasteiger partial charge in [0.25, 0.3) is 0 Å². The molecule has 2 aromatic carbocycles. The second-order valence-corrected chi connectivity index (χ2v) is 10.3. The second kappa shape index (κ2) is 10.5. The molecule has 1 fully saturated rings. The smallest absolute Gasteiger partial charge is 0.237 e. The molecule has 1 saturated heterocycles. The van der Waals surface area contributed by atoms with Crippen LogP contribution in [0.25, 0.3) is 27.5 Å². The van der Waals surface area contributed by atoms with Crippen LogP contribution in [0.3, 0.4) is 0 Å². The maximum absolute atomic E-state index is 13.0. The van der Waals surface area contributed by atoms with Crippen molar-refractivity contribution in [2.45, 2.75) is 19.0 Å². The quantitative estimate of drug-likeness (QED) is 0.349. The molecule has 2 N–H and O–H groups in total. The minimum absolute atomic E-state index is 0.0931. The molecule has 6 rings (SSSR count). The zero-order valence-electron chi connectivity index (χ0n) is 22.2. The molecule has 0 spiro atoms. The molecule has 1 aliphatic rings. The van der Waals surface area contributed by atoms with E-state index in [1.807, 2.05) is 51.3 Å². The molecule has 200 valence electrons. The maximum atomic E-state index is 13.0. The van der Waals surface area contributed by atoms with Gasteiger partial charge in [-0.15, -0.1) is 0 Å². The highest BCUT2D eigenvalue weighted by Crippen LogP contribution is 2.33. The van der Waals surface area contributed by atoms with Crippen molar-refractivity contribution >= 4 is 28.1 Å². The summed E-state index contributed by atoms with van der Waals surface area (Å²) in [5, 5.41) is 10.4. The average Bonchev–Trinajstić information content (AvgIpc) is 3.50. The number of amides is 1. The van der Waals surface area contributed by atoms with Gasteiger partial charge in [-0.25, -0.2) is 9.50 Å². The highest BCUT2D eigenvalue weighted by Gasteiger charge is 2.29. The molecule has 1 unspecified atom stereocenters. The SMILES string of the molecule is CN(C)CC(=O)N1CCOCC1Cc1cc(-c2ccc3cn(Cc4ccccc4)nc3c2)c2c(N)ncnn12. The average molecular weight is 525 g/mol. The Hall–Kier alpha value is -4.28. The third-order valence-corrected chi connectivity index (χ3v) is 7.15. The Morgan fingerprint density at radius 3 is 2.82 bits per heavy atom. The summed E-state index contributed by atoms with van der Waals surface area (Å²) in [6, 6.07) is 18.5. The van der Waals surface area contributed by atoms with Crippen molar-refractivity contribution in [2.75, 3.05) is 46.1 Å². The summed E-state index contributed by atoms with van der Waals surface area (Å²) in [4.78, 5) is 21.1. The summed E-state index contributed by atoms with van der Waals surface area (Å²) in [5.74, 6) is 0.501. The van der Waals surface area contributed by atoms with Crippen molar-refractivity contribution in [3.63, 3.8) is 0 Å². The van der Waals surface area contributed by atoms with Gasteiger partial charge in [0.15, 0.2) is 5.82 Å². The van der Waals surface area contributed by atoms with Gasteiger partial charge in [0.1, 0.15) is 11.8 Å². The molecular weight excluding hydrogens is 492 g/mol. The molecule has 1 aliphatic heterocycles. The van der Waals surface area contributed by atoms with Crippen molar-refractivity contribution in [2.24, 2.45) is 0 Å². The highest BCUT2D eigenvalue weighted by molar-refractivity contribution is 5.92. The summed E-state index contributed by atoms with van der Waals surface area (Å²) in [5.41, 5.74) is 12.1. The summed E-state index contributed by atoms with van der Waals surface area (Å²) in [6.07, 6.45) is 4.12. The van der Waals surface area contributed by atoms with Crippen molar-refractivity contribution in [3.8, 4) is 11.1 Å². The van der Waals surface area contributed by atoms with E-state index < -0.39 is 0 Å². The van der Waals surface area contributed by atoms with Gasteiger partial charge in [-0.2, -0.15) is 10.2 Å². The van der Waals surface area contributed by atoms with Gasteiger partial charge < -0.3 is 20.3 Å². The summed E-state index contributed by atoms with van der Waals surface area (Å²) in [7, 11) is 3.81. The van der Waals surface area contributed by atoms with Crippen LogP contribution in [-0.4, -0.2) is 86.5 Å². The van der Waals surface area contributed by atoms with E-state index in [0.29, 0.717) is 45.1 Å². The summed E-state index contributed by atoms with van der Waals surface area (Å²) < 4.78 is 9.59. The van der Waals surface area contributed by atoms with Crippen LogP contribution >= 0.6 is 0 Å². The van der Waals surface area contributed by atoms with Crippen LogP contribution in [0.15, 0.2) is 67.1 Å². The van der Waals surface area contributed by atoms with Crippen LogP contribution < -0.4 is 5.73 Å². The second-order valence-electron chi connectivity index (χ2n) is 10.3. The van der Waals surface area contributed by atoms with Gasteiger partial charge in [-0.3, -0.25) is 9.48 Å². The fraction of sp³-hybridized carbons (Fsp3) is 0.310.